The van der Waals surface area contributed by atoms with E-state index < -0.39 is 41.4 Å². The van der Waals surface area contributed by atoms with Crippen molar-refractivity contribution in [2.75, 3.05) is 52.4 Å². The van der Waals surface area contributed by atoms with Crippen LogP contribution in [0.15, 0.2) is 47.1 Å². The highest BCUT2D eigenvalue weighted by molar-refractivity contribution is 5.93. The molecule has 258 valence electrons. The largest absolute Gasteiger partial charge is 0.456 e. The van der Waals surface area contributed by atoms with Gasteiger partial charge < -0.3 is 10.0 Å². The molecule has 0 radical (unpaired) electrons. The number of likely N-dealkylation sites (tertiary alicyclic amines) is 1. The Balaban J connectivity index is 1.13. The van der Waals surface area contributed by atoms with Crippen LogP contribution in [-0.2, 0) is 11.3 Å². The Bertz CT molecular complexity index is 1410. The summed E-state index contributed by atoms with van der Waals surface area (Å²) in [5.74, 6) is -6.25. The molecule has 5 nitrogen and oxygen atoms in total. The first-order valence-corrected chi connectivity index (χ1v) is 17.7. The number of rotatable bonds is 7. The van der Waals surface area contributed by atoms with Gasteiger partial charge in [0.25, 0.3) is 0 Å². The summed E-state index contributed by atoms with van der Waals surface area (Å²) in [5, 5.41) is 11.5. The van der Waals surface area contributed by atoms with Crippen molar-refractivity contribution in [3.05, 3.63) is 58.2 Å². The van der Waals surface area contributed by atoms with E-state index in [1.54, 1.807) is 6.08 Å². The van der Waals surface area contributed by atoms with Gasteiger partial charge in [-0.15, -0.1) is 0 Å². The number of ketones is 1. The number of benzene rings is 1. The molecule has 0 aromatic heterocycles. The quantitative estimate of drug-likeness (QED) is 0.329. The molecule has 10 heteroatoms. The van der Waals surface area contributed by atoms with Crippen LogP contribution in [0.25, 0.3) is 0 Å². The molecular formula is C37H48F5N3O2. The number of fused-ring (bicyclic) bond motifs is 4. The summed E-state index contributed by atoms with van der Waals surface area (Å²) in [6.45, 7) is 11.0. The van der Waals surface area contributed by atoms with E-state index in [9.17, 15) is 23.1 Å². The average Bonchev–Trinajstić information content (AvgIpc) is 3.66. The van der Waals surface area contributed by atoms with Crippen molar-refractivity contribution in [1.82, 2.24) is 14.7 Å². The van der Waals surface area contributed by atoms with Gasteiger partial charge in [-0.25, -0.2) is 0 Å². The highest BCUT2D eigenvalue weighted by Gasteiger charge is 2.79. The molecule has 7 rings (SSSR count). The molecule has 6 aliphatic rings. The maximum atomic E-state index is 15.3. The Labute approximate surface area is 274 Å². The highest BCUT2D eigenvalue weighted by Crippen LogP contribution is 2.70. The maximum Gasteiger partial charge on any atom is 0.456 e. The number of halogens is 5. The second-order valence-electron chi connectivity index (χ2n) is 15.4. The van der Waals surface area contributed by atoms with Gasteiger partial charge >= 0.3 is 12.1 Å². The molecule has 0 spiro atoms. The molecule has 0 amide bonds. The lowest BCUT2D eigenvalue weighted by Crippen LogP contribution is -2.65. The zero-order chi connectivity index (χ0) is 33.2. The van der Waals surface area contributed by atoms with Gasteiger partial charge in [-0.3, -0.25) is 14.6 Å². The van der Waals surface area contributed by atoms with E-state index in [0.717, 1.165) is 73.7 Å². The van der Waals surface area contributed by atoms with E-state index >= 15 is 8.78 Å². The molecule has 5 atom stereocenters. The lowest BCUT2D eigenvalue weighted by molar-refractivity contribution is -0.362. The molecule has 2 saturated heterocycles. The van der Waals surface area contributed by atoms with Gasteiger partial charge in [0.05, 0.1) is 0 Å². The fraction of sp³-hybridized carbons (Fsp3) is 0.703. The van der Waals surface area contributed by atoms with E-state index in [2.05, 4.69) is 26.8 Å². The molecular weight excluding hydrogens is 613 g/mol. The minimum Gasteiger partial charge on any atom is -0.383 e. The van der Waals surface area contributed by atoms with Crippen LogP contribution in [0.3, 0.4) is 0 Å². The third kappa shape index (κ3) is 5.73. The number of alkyl halides is 5. The third-order valence-electron chi connectivity index (χ3n) is 12.9. The van der Waals surface area contributed by atoms with Gasteiger partial charge in [0.15, 0.2) is 5.78 Å². The van der Waals surface area contributed by atoms with Crippen LogP contribution >= 0.6 is 0 Å². The number of hydrogen-bond acceptors (Lipinski definition) is 5. The van der Waals surface area contributed by atoms with Crippen molar-refractivity contribution >= 4 is 5.78 Å². The standard InChI is InChI=1S/C37H48F5N3O2/c1-34-23-31(26-6-4-25(5-7-26)24-45-20-18-44(19-21-45)17-16-43-14-2-3-15-43)33-29-11-9-28(46)22-27(29)8-10-30(33)32(34)12-13-35(34,47)36(38,39)37(40,41)42/h4-7,22,30-32,47H,2-3,8-21,23-24H2,1H3/t30-,31+,32-,34-,35+/m0/s1. The second-order valence-corrected chi connectivity index (χ2v) is 15.4. The molecule has 2 saturated carbocycles. The first-order valence-electron chi connectivity index (χ1n) is 17.7. The van der Waals surface area contributed by atoms with Gasteiger partial charge in [-0.2, -0.15) is 22.0 Å². The van der Waals surface area contributed by atoms with Crippen molar-refractivity contribution in [1.29, 1.82) is 0 Å². The number of hydrogen-bond donors (Lipinski definition) is 1. The molecule has 2 aliphatic heterocycles. The Morgan fingerprint density at radius 3 is 2.15 bits per heavy atom. The van der Waals surface area contributed by atoms with Crippen molar-refractivity contribution in [2.45, 2.75) is 94.9 Å². The summed E-state index contributed by atoms with van der Waals surface area (Å²) in [6, 6.07) is 8.17. The molecule has 2 heterocycles. The minimum atomic E-state index is -5.85. The second kappa shape index (κ2) is 12.3. The van der Waals surface area contributed by atoms with Crippen molar-refractivity contribution in [3.63, 3.8) is 0 Å². The Morgan fingerprint density at radius 1 is 0.851 bits per heavy atom. The zero-order valence-corrected chi connectivity index (χ0v) is 27.4. The van der Waals surface area contributed by atoms with Crippen LogP contribution in [0.4, 0.5) is 22.0 Å². The molecule has 1 N–H and O–H groups in total. The monoisotopic (exact) mass is 661 g/mol. The Kier molecular flexibility index (Phi) is 8.75. The molecule has 0 bridgehead atoms. The fourth-order valence-electron chi connectivity index (χ4n) is 10.3. The summed E-state index contributed by atoms with van der Waals surface area (Å²) >= 11 is 0. The van der Waals surface area contributed by atoms with E-state index in [-0.39, 0.29) is 24.5 Å². The predicted molar refractivity (Wildman–Crippen MR) is 170 cm³/mol. The highest BCUT2D eigenvalue weighted by atomic mass is 19.4. The maximum absolute atomic E-state index is 15.3. The predicted octanol–water partition coefficient (Wildman–Crippen LogP) is 6.73. The number of carbonyl (C=O) groups excluding carboxylic acids is 1. The van der Waals surface area contributed by atoms with Crippen LogP contribution in [0.5, 0.6) is 0 Å². The van der Waals surface area contributed by atoms with Gasteiger partial charge in [-0.05, 0) is 105 Å². The average molecular weight is 662 g/mol. The molecule has 47 heavy (non-hydrogen) atoms. The van der Waals surface area contributed by atoms with Gasteiger partial charge in [0.1, 0.15) is 5.60 Å². The lowest BCUT2D eigenvalue weighted by Gasteiger charge is -2.56. The summed E-state index contributed by atoms with van der Waals surface area (Å²) in [6.07, 6.45) is 0.168. The first kappa shape index (κ1) is 33.4. The van der Waals surface area contributed by atoms with E-state index in [4.69, 9.17) is 0 Å². The third-order valence-corrected chi connectivity index (χ3v) is 12.9. The van der Waals surface area contributed by atoms with E-state index in [0.29, 0.717) is 25.7 Å². The van der Waals surface area contributed by atoms with Gasteiger partial charge in [-0.1, -0.05) is 36.8 Å². The van der Waals surface area contributed by atoms with Crippen LogP contribution in [0, 0.1) is 17.3 Å². The van der Waals surface area contributed by atoms with Crippen molar-refractivity contribution in [3.8, 4) is 0 Å². The minimum absolute atomic E-state index is 0.00906. The Morgan fingerprint density at radius 2 is 1.49 bits per heavy atom. The number of piperazine rings is 1. The van der Waals surface area contributed by atoms with E-state index in [1.807, 2.05) is 12.1 Å². The normalized spacial score (nSPS) is 34.3. The van der Waals surface area contributed by atoms with Crippen molar-refractivity contribution in [2.24, 2.45) is 17.3 Å². The number of aliphatic hydroxyl groups is 1. The van der Waals surface area contributed by atoms with Gasteiger partial charge in [0.2, 0.25) is 0 Å². The zero-order valence-electron chi connectivity index (χ0n) is 27.4. The smallest absolute Gasteiger partial charge is 0.383 e. The number of allylic oxidation sites excluding steroid dienone is 4. The van der Waals surface area contributed by atoms with E-state index in [1.165, 1.54) is 32.9 Å². The topological polar surface area (TPSA) is 47.0 Å². The summed E-state index contributed by atoms with van der Waals surface area (Å²) < 4.78 is 72.1. The fourth-order valence-corrected chi connectivity index (χ4v) is 10.3. The molecule has 1 aromatic carbocycles. The van der Waals surface area contributed by atoms with Gasteiger partial charge in [0, 0.05) is 63.6 Å². The first-order chi connectivity index (χ1) is 22.3. The van der Waals surface area contributed by atoms with Crippen molar-refractivity contribution < 1.29 is 31.9 Å². The summed E-state index contributed by atoms with van der Waals surface area (Å²) in [4.78, 5) is 19.9. The van der Waals surface area contributed by atoms with Crippen LogP contribution < -0.4 is 0 Å². The van der Waals surface area contributed by atoms with Crippen LogP contribution in [0.2, 0.25) is 0 Å². The Hall–Kier alpha value is -2.14. The molecule has 4 fully saturated rings. The molecule has 0 unspecified atom stereocenters. The summed E-state index contributed by atoms with van der Waals surface area (Å²) in [5.41, 5.74) is 0.396. The molecule has 1 aromatic rings. The summed E-state index contributed by atoms with van der Waals surface area (Å²) in [7, 11) is 0. The number of carbonyl (C=O) groups is 1. The SMILES string of the molecule is C[C@]12C[C@H](c3ccc(CN4CCN(CCN5CCCC5)CC4)cc3)C3=C4CCC(=O)C=C4CC[C@H]3[C@@H]1CC[C@]2(O)C(F)(F)C(F)(F)F. The van der Waals surface area contributed by atoms with Crippen LogP contribution in [0.1, 0.15) is 81.8 Å². The lowest BCUT2D eigenvalue weighted by atomic mass is 9.50. The number of nitrogens with zero attached hydrogens (tertiary/aromatic N) is 3. The molecule has 4 aliphatic carbocycles. The van der Waals surface area contributed by atoms with Crippen LogP contribution in [-0.4, -0.2) is 95.6 Å².